The number of imidazole rings is 1. The first-order valence-electron chi connectivity index (χ1n) is 15.8. The van der Waals surface area contributed by atoms with Gasteiger partial charge >= 0.3 is 6.09 Å². The van der Waals surface area contributed by atoms with Crippen molar-refractivity contribution in [3.8, 4) is 0 Å². The standard InChI is InChI=1S/C33H36F3N5O3/c34-32-16-31(17-32,18-32)29(42)41-13-12-33(35,36)14-24(41)22-10-11-23-27(37-22)40-28(38-23)26(25(20-6-7-20)21-8-9-21)39-30(43)44-15-19-4-2-1-3-5-19/h1-5,10-11,20-21,24-26H,6-9,12-18H2,(H,39,43)(H,37,38,40). The first-order chi connectivity index (χ1) is 21.1. The molecule has 2 bridgehead atoms. The minimum atomic E-state index is -2.94. The Balaban J connectivity index is 1.07. The molecule has 0 spiro atoms. The number of aromatic nitrogens is 3. The van der Waals surface area contributed by atoms with Gasteiger partial charge in [-0.05, 0) is 80.4 Å². The minimum Gasteiger partial charge on any atom is -0.445 e. The topological polar surface area (TPSA) is 100 Å². The summed E-state index contributed by atoms with van der Waals surface area (Å²) in [6.07, 6.45) is 3.47. The summed E-state index contributed by atoms with van der Waals surface area (Å²) >= 11 is 0. The molecule has 2 amide bonds. The van der Waals surface area contributed by atoms with Crippen molar-refractivity contribution in [1.29, 1.82) is 0 Å². The zero-order valence-corrected chi connectivity index (χ0v) is 24.4. The summed E-state index contributed by atoms with van der Waals surface area (Å²) in [5.74, 6) is -1.43. The number of amides is 2. The summed E-state index contributed by atoms with van der Waals surface area (Å²) in [5.41, 5.74) is 0.194. The molecule has 9 rings (SSSR count). The van der Waals surface area contributed by atoms with E-state index in [9.17, 15) is 22.8 Å². The Morgan fingerprint density at radius 1 is 1.00 bits per heavy atom. The zero-order valence-electron chi connectivity index (χ0n) is 24.4. The first kappa shape index (κ1) is 27.9. The number of nitrogens with one attached hydrogen (secondary N) is 2. The van der Waals surface area contributed by atoms with Gasteiger partial charge in [0.25, 0.3) is 5.92 Å². The third kappa shape index (κ3) is 5.01. The van der Waals surface area contributed by atoms with Gasteiger partial charge in [-0.3, -0.25) is 4.79 Å². The fourth-order valence-corrected chi connectivity index (χ4v) is 8.03. The predicted octanol–water partition coefficient (Wildman–Crippen LogP) is 6.55. The number of alkyl halides is 3. The van der Waals surface area contributed by atoms with Crippen LogP contribution in [0.2, 0.25) is 0 Å². The van der Waals surface area contributed by atoms with Crippen LogP contribution in [0, 0.1) is 23.2 Å². The smallest absolute Gasteiger partial charge is 0.408 e. The molecule has 2 unspecified atom stereocenters. The Labute approximate surface area is 253 Å². The molecule has 8 nitrogen and oxygen atoms in total. The van der Waals surface area contributed by atoms with Crippen LogP contribution in [-0.2, 0) is 16.1 Å². The Hall–Kier alpha value is -3.63. The van der Waals surface area contributed by atoms with Crippen molar-refractivity contribution < 1.29 is 27.5 Å². The second-order valence-electron chi connectivity index (χ2n) is 14.0. The summed E-state index contributed by atoms with van der Waals surface area (Å²) in [7, 11) is 0. The van der Waals surface area contributed by atoms with Gasteiger partial charge in [-0.15, -0.1) is 0 Å². The third-order valence-corrected chi connectivity index (χ3v) is 10.5. The van der Waals surface area contributed by atoms with Crippen LogP contribution in [0.5, 0.6) is 0 Å². The van der Waals surface area contributed by atoms with E-state index >= 15 is 0 Å². The Kier molecular flexibility index (Phi) is 6.30. The second kappa shape index (κ2) is 9.94. The molecule has 44 heavy (non-hydrogen) atoms. The van der Waals surface area contributed by atoms with E-state index in [0.29, 0.717) is 34.5 Å². The van der Waals surface area contributed by atoms with Crippen LogP contribution < -0.4 is 5.32 Å². The van der Waals surface area contributed by atoms with E-state index in [2.05, 4.69) is 10.3 Å². The molecule has 1 aliphatic heterocycles. The van der Waals surface area contributed by atoms with Gasteiger partial charge in [-0.25, -0.2) is 27.9 Å². The van der Waals surface area contributed by atoms with E-state index in [1.165, 1.54) is 4.90 Å². The summed E-state index contributed by atoms with van der Waals surface area (Å²) in [6, 6.07) is 11.6. The minimum absolute atomic E-state index is 0.0926. The largest absolute Gasteiger partial charge is 0.445 e. The van der Waals surface area contributed by atoms with Crippen molar-refractivity contribution in [3.05, 3.63) is 59.5 Å². The summed E-state index contributed by atoms with van der Waals surface area (Å²) in [6.45, 7) is 0.0570. The number of alkyl carbamates (subject to hydrolysis) is 1. The average molecular weight is 608 g/mol. The van der Waals surface area contributed by atoms with Gasteiger partial charge in [0.2, 0.25) is 5.91 Å². The fourth-order valence-electron chi connectivity index (χ4n) is 8.03. The molecule has 1 saturated heterocycles. The van der Waals surface area contributed by atoms with Crippen LogP contribution in [-0.4, -0.2) is 50.0 Å². The predicted molar refractivity (Wildman–Crippen MR) is 154 cm³/mol. The number of carbonyl (C=O) groups is 2. The lowest BCUT2D eigenvalue weighted by Gasteiger charge is -2.65. The van der Waals surface area contributed by atoms with E-state index in [0.717, 1.165) is 31.2 Å². The van der Waals surface area contributed by atoms with Crippen LogP contribution in [0.1, 0.15) is 87.0 Å². The quantitative estimate of drug-likeness (QED) is 0.287. The highest BCUT2D eigenvalue weighted by Crippen LogP contribution is 2.70. The first-order valence-corrected chi connectivity index (χ1v) is 15.8. The molecule has 5 saturated carbocycles. The molecule has 11 heteroatoms. The number of hydrogen-bond donors (Lipinski definition) is 2. The molecule has 5 aliphatic carbocycles. The molecule has 232 valence electrons. The highest BCUT2D eigenvalue weighted by molar-refractivity contribution is 5.87. The van der Waals surface area contributed by atoms with E-state index in [-0.39, 0.29) is 44.2 Å². The van der Waals surface area contributed by atoms with Gasteiger partial charge in [0.15, 0.2) is 5.65 Å². The lowest BCUT2D eigenvalue weighted by molar-refractivity contribution is -0.227. The molecule has 2 N–H and O–H groups in total. The number of hydrogen-bond acceptors (Lipinski definition) is 5. The van der Waals surface area contributed by atoms with Gasteiger partial charge in [-0.1, -0.05) is 30.3 Å². The molecule has 3 heterocycles. The number of fused-ring (bicyclic) bond motifs is 1. The van der Waals surface area contributed by atoms with Gasteiger partial charge in [0.1, 0.15) is 18.1 Å². The van der Waals surface area contributed by atoms with Gasteiger partial charge in [0.05, 0.1) is 28.7 Å². The number of ether oxygens (including phenoxy) is 1. The normalized spacial score (nSPS) is 29.5. The van der Waals surface area contributed by atoms with Gasteiger partial charge < -0.3 is 19.9 Å². The molecular formula is C33H36F3N5O3. The lowest BCUT2D eigenvalue weighted by Crippen LogP contribution is -2.71. The number of halogens is 3. The Morgan fingerprint density at radius 3 is 2.36 bits per heavy atom. The fraction of sp³-hybridized carbons (Fsp3) is 0.576. The van der Waals surface area contributed by atoms with Crippen LogP contribution in [0.15, 0.2) is 42.5 Å². The summed E-state index contributed by atoms with van der Waals surface area (Å²) in [4.78, 5) is 40.9. The number of carbonyl (C=O) groups excluding carboxylic acids is 2. The highest BCUT2D eigenvalue weighted by Gasteiger charge is 2.74. The number of piperidine rings is 1. The SMILES string of the molecule is O=C(NC(c1nc2nc(C3CC(F)(F)CCN3C(=O)C34CC(F)(C3)C4)ccc2[nH]1)C(C1CC1)C1CC1)OCc1ccccc1. The van der Waals surface area contributed by atoms with Crippen LogP contribution in [0.25, 0.3) is 11.2 Å². The van der Waals surface area contributed by atoms with E-state index in [4.69, 9.17) is 14.7 Å². The number of rotatable bonds is 9. The molecule has 6 fully saturated rings. The molecule has 6 aliphatic rings. The monoisotopic (exact) mass is 607 g/mol. The van der Waals surface area contributed by atoms with Gasteiger partial charge in [0, 0.05) is 19.4 Å². The number of nitrogens with zero attached hydrogens (tertiary/aromatic N) is 3. The van der Waals surface area contributed by atoms with E-state index < -0.39 is 48.0 Å². The maximum absolute atomic E-state index is 14.7. The Morgan fingerprint density at radius 2 is 1.70 bits per heavy atom. The van der Waals surface area contributed by atoms with Crippen LogP contribution in [0.3, 0.4) is 0 Å². The highest BCUT2D eigenvalue weighted by atomic mass is 19.3. The molecule has 2 aromatic heterocycles. The molecular weight excluding hydrogens is 571 g/mol. The summed E-state index contributed by atoms with van der Waals surface area (Å²) < 4.78 is 49.2. The molecule has 0 radical (unpaired) electrons. The number of H-pyrrole nitrogens is 1. The maximum Gasteiger partial charge on any atom is 0.408 e. The number of likely N-dealkylation sites (tertiary alicyclic amines) is 1. The molecule has 2 atom stereocenters. The van der Waals surface area contributed by atoms with Crippen LogP contribution >= 0.6 is 0 Å². The second-order valence-corrected chi connectivity index (χ2v) is 14.0. The number of pyridine rings is 1. The van der Waals surface area contributed by atoms with Crippen molar-refractivity contribution in [3.63, 3.8) is 0 Å². The van der Waals surface area contributed by atoms with Gasteiger partial charge in [-0.2, -0.15) is 0 Å². The third-order valence-electron chi connectivity index (χ3n) is 10.5. The van der Waals surface area contributed by atoms with Crippen molar-refractivity contribution >= 4 is 23.2 Å². The average Bonchev–Trinajstić information content (AvgIpc) is 3.92. The van der Waals surface area contributed by atoms with Crippen molar-refractivity contribution in [2.75, 3.05) is 6.54 Å². The van der Waals surface area contributed by atoms with Crippen molar-refractivity contribution in [2.45, 2.75) is 88.1 Å². The van der Waals surface area contributed by atoms with Crippen LogP contribution in [0.4, 0.5) is 18.0 Å². The number of aromatic amines is 1. The van der Waals surface area contributed by atoms with E-state index in [1.54, 1.807) is 12.1 Å². The zero-order chi connectivity index (χ0) is 30.3. The van der Waals surface area contributed by atoms with Crippen molar-refractivity contribution in [2.24, 2.45) is 23.2 Å². The van der Waals surface area contributed by atoms with Crippen molar-refractivity contribution in [1.82, 2.24) is 25.2 Å². The number of benzene rings is 1. The maximum atomic E-state index is 14.7. The Bertz CT molecular complexity index is 1570. The summed E-state index contributed by atoms with van der Waals surface area (Å²) in [5, 5.41) is 3.09. The van der Waals surface area contributed by atoms with E-state index in [1.807, 2.05) is 30.3 Å². The molecule has 3 aromatic rings. The lowest BCUT2D eigenvalue weighted by atomic mass is 9.41. The molecule has 1 aromatic carbocycles.